The molecule has 0 bridgehead atoms. The average Bonchev–Trinajstić information content (AvgIpc) is 3.48. The number of hydrogen-bond acceptors (Lipinski definition) is 6. The van der Waals surface area contributed by atoms with Crippen LogP contribution >= 0.6 is 0 Å². The SMILES string of the molecule is Cc1ccccc1CN(C(=O)CN(c1cccc([N+](=O)[O-])c1)S(=O)(=O)c1ccccc1)C(C)C(=O)NC1CCCC1. The van der Waals surface area contributed by atoms with E-state index in [1.807, 2.05) is 31.2 Å². The monoisotopic (exact) mass is 578 g/mol. The van der Waals surface area contributed by atoms with Gasteiger partial charge in [0.1, 0.15) is 12.6 Å². The van der Waals surface area contributed by atoms with Gasteiger partial charge in [-0.15, -0.1) is 0 Å². The van der Waals surface area contributed by atoms with Gasteiger partial charge in [0.15, 0.2) is 0 Å². The molecule has 1 fully saturated rings. The minimum atomic E-state index is -4.31. The van der Waals surface area contributed by atoms with Crippen LogP contribution in [0.2, 0.25) is 0 Å². The molecule has 0 radical (unpaired) electrons. The number of nitrogens with one attached hydrogen (secondary N) is 1. The van der Waals surface area contributed by atoms with Crippen LogP contribution in [0, 0.1) is 17.0 Å². The number of rotatable bonds is 11. The molecule has 2 amide bonds. The summed E-state index contributed by atoms with van der Waals surface area (Å²) in [6, 6.07) is 19.3. The van der Waals surface area contributed by atoms with E-state index in [-0.39, 0.29) is 34.8 Å². The topological polar surface area (TPSA) is 130 Å². The molecule has 0 heterocycles. The lowest BCUT2D eigenvalue weighted by atomic mass is 10.1. The molecule has 1 aliphatic rings. The number of hydrogen-bond donors (Lipinski definition) is 1. The molecule has 11 heteroatoms. The minimum absolute atomic E-state index is 0.0321. The molecule has 1 aliphatic carbocycles. The normalized spacial score (nSPS) is 14.3. The summed E-state index contributed by atoms with van der Waals surface area (Å²) in [6.07, 6.45) is 3.81. The highest BCUT2D eigenvalue weighted by molar-refractivity contribution is 7.92. The Kier molecular flexibility index (Phi) is 9.38. The molecule has 216 valence electrons. The van der Waals surface area contributed by atoms with Crippen molar-refractivity contribution in [3.8, 4) is 0 Å². The Labute approximate surface area is 240 Å². The summed E-state index contributed by atoms with van der Waals surface area (Å²) < 4.78 is 28.5. The first-order valence-corrected chi connectivity index (χ1v) is 15.0. The van der Waals surface area contributed by atoms with E-state index in [9.17, 15) is 28.1 Å². The van der Waals surface area contributed by atoms with Gasteiger partial charge < -0.3 is 10.2 Å². The molecule has 3 aromatic carbocycles. The number of non-ortho nitro benzene ring substituents is 1. The van der Waals surface area contributed by atoms with E-state index in [1.165, 1.54) is 35.2 Å². The molecule has 0 aromatic heterocycles. The molecule has 0 saturated heterocycles. The van der Waals surface area contributed by atoms with E-state index in [0.29, 0.717) is 0 Å². The number of nitro benzene ring substituents is 1. The summed E-state index contributed by atoms with van der Waals surface area (Å²) in [5.41, 5.74) is 1.38. The van der Waals surface area contributed by atoms with Gasteiger partial charge in [0, 0.05) is 24.7 Å². The molecule has 1 saturated carbocycles. The van der Waals surface area contributed by atoms with Crippen LogP contribution in [0.4, 0.5) is 11.4 Å². The fourth-order valence-corrected chi connectivity index (χ4v) is 6.38. The molecule has 1 atom stereocenters. The minimum Gasteiger partial charge on any atom is -0.352 e. The number of sulfonamides is 1. The smallest absolute Gasteiger partial charge is 0.271 e. The first kappa shape index (κ1) is 29.7. The Morgan fingerprint density at radius 3 is 2.32 bits per heavy atom. The molecule has 0 spiro atoms. The number of nitrogens with zero attached hydrogens (tertiary/aromatic N) is 3. The number of carbonyl (C=O) groups is 2. The summed E-state index contributed by atoms with van der Waals surface area (Å²) in [7, 11) is -4.31. The zero-order chi connectivity index (χ0) is 29.6. The molecule has 41 heavy (non-hydrogen) atoms. The van der Waals surface area contributed by atoms with E-state index in [2.05, 4.69) is 5.32 Å². The summed E-state index contributed by atoms with van der Waals surface area (Å²) in [5, 5.41) is 14.5. The molecule has 3 aromatic rings. The quantitative estimate of drug-likeness (QED) is 0.262. The Hall–Kier alpha value is -4.25. The molecule has 1 unspecified atom stereocenters. The summed E-state index contributed by atoms with van der Waals surface area (Å²) in [6.45, 7) is 2.95. The first-order chi connectivity index (χ1) is 19.6. The van der Waals surface area contributed by atoms with E-state index in [0.717, 1.165) is 47.2 Å². The lowest BCUT2D eigenvalue weighted by Crippen LogP contribution is -2.52. The van der Waals surface area contributed by atoms with Crippen LogP contribution in [0.25, 0.3) is 0 Å². The van der Waals surface area contributed by atoms with Crippen molar-refractivity contribution >= 4 is 33.2 Å². The Morgan fingerprint density at radius 2 is 1.66 bits per heavy atom. The fraction of sp³-hybridized carbons (Fsp3) is 0.333. The molecule has 10 nitrogen and oxygen atoms in total. The predicted octanol–water partition coefficient (Wildman–Crippen LogP) is 4.57. The van der Waals surface area contributed by atoms with Gasteiger partial charge in [-0.05, 0) is 56.0 Å². The molecule has 0 aliphatic heterocycles. The van der Waals surface area contributed by atoms with Gasteiger partial charge in [-0.1, -0.05) is 61.4 Å². The summed E-state index contributed by atoms with van der Waals surface area (Å²) in [5.74, 6) is -0.931. The van der Waals surface area contributed by atoms with Crippen LogP contribution in [-0.4, -0.2) is 48.7 Å². The van der Waals surface area contributed by atoms with Crippen molar-refractivity contribution in [1.29, 1.82) is 0 Å². The number of amides is 2. The van der Waals surface area contributed by atoms with Crippen molar-refractivity contribution in [2.24, 2.45) is 0 Å². The zero-order valence-electron chi connectivity index (χ0n) is 23.1. The number of benzene rings is 3. The van der Waals surface area contributed by atoms with Gasteiger partial charge in [-0.3, -0.25) is 24.0 Å². The van der Waals surface area contributed by atoms with E-state index in [1.54, 1.807) is 25.1 Å². The van der Waals surface area contributed by atoms with Crippen molar-refractivity contribution in [3.63, 3.8) is 0 Å². The van der Waals surface area contributed by atoms with E-state index in [4.69, 9.17) is 0 Å². The largest absolute Gasteiger partial charge is 0.352 e. The number of anilines is 1. The van der Waals surface area contributed by atoms with Crippen LogP contribution in [0.1, 0.15) is 43.7 Å². The van der Waals surface area contributed by atoms with Gasteiger partial charge in [-0.25, -0.2) is 8.42 Å². The average molecular weight is 579 g/mol. The summed E-state index contributed by atoms with van der Waals surface area (Å²) >= 11 is 0. The third-order valence-corrected chi connectivity index (χ3v) is 9.20. The Morgan fingerprint density at radius 1 is 1.00 bits per heavy atom. The molecular weight excluding hydrogens is 544 g/mol. The van der Waals surface area contributed by atoms with Gasteiger partial charge in [0.05, 0.1) is 15.5 Å². The van der Waals surface area contributed by atoms with Crippen LogP contribution in [0.5, 0.6) is 0 Å². The number of nitro groups is 1. The van der Waals surface area contributed by atoms with E-state index >= 15 is 0 Å². The number of aryl methyl sites for hydroxylation is 1. The Bertz CT molecular complexity index is 1510. The third-order valence-electron chi connectivity index (χ3n) is 7.41. The zero-order valence-corrected chi connectivity index (χ0v) is 23.9. The lowest BCUT2D eigenvalue weighted by Gasteiger charge is -2.32. The second kappa shape index (κ2) is 12.9. The van der Waals surface area contributed by atoms with Crippen molar-refractivity contribution < 1.29 is 22.9 Å². The van der Waals surface area contributed by atoms with Gasteiger partial charge in [0.2, 0.25) is 11.8 Å². The fourth-order valence-electron chi connectivity index (χ4n) is 4.96. The maximum Gasteiger partial charge on any atom is 0.271 e. The standard InChI is InChI=1S/C30H34N4O6S/c1-22-11-6-7-12-24(22)20-32(23(2)30(36)31-25-13-8-9-14-25)29(35)21-33(26-15-10-16-27(19-26)34(37)38)41(39,40)28-17-4-3-5-18-28/h3-7,10-12,15-19,23,25H,8-9,13-14,20-21H2,1-2H3,(H,31,36). The highest BCUT2D eigenvalue weighted by Crippen LogP contribution is 2.28. The van der Waals surface area contributed by atoms with Crippen molar-refractivity contribution in [2.45, 2.75) is 63.1 Å². The van der Waals surface area contributed by atoms with Crippen molar-refractivity contribution in [1.82, 2.24) is 10.2 Å². The van der Waals surface area contributed by atoms with Crippen LogP contribution in [0.3, 0.4) is 0 Å². The maximum atomic E-state index is 14.0. The third kappa shape index (κ3) is 7.10. The van der Waals surface area contributed by atoms with Crippen molar-refractivity contribution in [3.05, 3.63) is 100 Å². The highest BCUT2D eigenvalue weighted by Gasteiger charge is 2.34. The van der Waals surface area contributed by atoms with E-state index < -0.39 is 33.4 Å². The second-order valence-corrected chi connectivity index (χ2v) is 12.1. The van der Waals surface area contributed by atoms with Crippen molar-refractivity contribution in [2.75, 3.05) is 10.8 Å². The maximum absolute atomic E-state index is 14.0. The predicted molar refractivity (Wildman–Crippen MR) is 156 cm³/mol. The molecule has 1 N–H and O–H groups in total. The summed E-state index contributed by atoms with van der Waals surface area (Å²) in [4.78, 5) is 39.5. The molecule has 4 rings (SSSR count). The van der Waals surface area contributed by atoms with Crippen LogP contribution in [0.15, 0.2) is 83.8 Å². The van der Waals surface area contributed by atoms with Gasteiger partial charge >= 0.3 is 0 Å². The van der Waals surface area contributed by atoms with Crippen LogP contribution in [-0.2, 0) is 26.2 Å². The first-order valence-electron chi connectivity index (χ1n) is 13.5. The second-order valence-electron chi connectivity index (χ2n) is 10.2. The van der Waals surface area contributed by atoms with Gasteiger partial charge in [0.25, 0.3) is 15.7 Å². The highest BCUT2D eigenvalue weighted by atomic mass is 32.2. The Balaban J connectivity index is 1.72. The molecular formula is C30H34N4O6S. The lowest BCUT2D eigenvalue weighted by molar-refractivity contribution is -0.384. The van der Waals surface area contributed by atoms with Crippen LogP contribution < -0.4 is 9.62 Å². The van der Waals surface area contributed by atoms with Gasteiger partial charge in [-0.2, -0.15) is 0 Å². The number of carbonyl (C=O) groups excluding carboxylic acids is 2.